The van der Waals surface area contributed by atoms with Crippen LogP contribution in [0.3, 0.4) is 0 Å². The number of Topliss-reactive ketones (excluding diaryl/α,β-unsaturated/α-hetero) is 1. The molecule has 30 heavy (non-hydrogen) atoms. The highest BCUT2D eigenvalue weighted by Gasteiger charge is 2.65. The SMILES string of the molecule is CCOC(=O)CC[C@@H](C)C1CCC2C3C(=O)CC4CCCCC4(C)C3C[C@H](O)C21C. The number of esters is 1. The Morgan fingerprint density at radius 1 is 1.20 bits per heavy atom. The molecule has 4 rings (SSSR count). The molecule has 0 radical (unpaired) electrons. The van der Waals surface area contributed by atoms with Gasteiger partial charge in [-0.3, -0.25) is 9.59 Å². The lowest BCUT2D eigenvalue weighted by atomic mass is 9.43. The van der Waals surface area contributed by atoms with E-state index in [9.17, 15) is 14.7 Å². The summed E-state index contributed by atoms with van der Waals surface area (Å²) >= 11 is 0. The molecule has 0 spiro atoms. The molecule has 4 aliphatic carbocycles. The first-order valence-electron chi connectivity index (χ1n) is 12.6. The molecule has 0 aliphatic heterocycles. The molecule has 4 saturated carbocycles. The summed E-state index contributed by atoms with van der Waals surface area (Å²) in [6.45, 7) is 9.21. The van der Waals surface area contributed by atoms with E-state index >= 15 is 0 Å². The quantitative estimate of drug-likeness (QED) is 0.626. The van der Waals surface area contributed by atoms with Gasteiger partial charge in [0.1, 0.15) is 5.78 Å². The second-order valence-corrected chi connectivity index (χ2v) is 11.5. The van der Waals surface area contributed by atoms with Gasteiger partial charge in [0, 0.05) is 24.2 Å². The molecule has 170 valence electrons. The van der Waals surface area contributed by atoms with Gasteiger partial charge in [0.15, 0.2) is 0 Å². The lowest BCUT2D eigenvalue weighted by molar-refractivity contribution is -0.178. The van der Waals surface area contributed by atoms with Crippen LogP contribution < -0.4 is 0 Å². The number of carbonyl (C=O) groups is 2. The molecule has 0 aromatic heterocycles. The standard InChI is InChI=1S/C26H42O4/c1-5-30-23(29)12-9-16(2)18-10-11-19-24-20(15-22(28)26(18,19)4)25(3)13-7-6-8-17(25)14-21(24)27/h16-20,22,24,28H,5-15H2,1-4H3/t16-,17?,18?,19?,20?,22+,24?,25?,26?/m1/s1. The third-order valence-electron chi connectivity index (χ3n) is 10.4. The Kier molecular flexibility index (Phi) is 6.11. The Hall–Kier alpha value is -0.900. The number of carbonyl (C=O) groups excluding carboxylic acids is 2. The van der Waals surface area contributed by atoms with Gasteiger partial charge in [-0.2, -0.15) is 0 Å². The fourth-order valence-corrected chi connectivity index (χ4v) is 8.68. The van der Waals surface area contributed by atoms with Gasteiger partial charge < -0.3 is 9.84 Å². The summed E-state index contributed by atoms with van der Waals surface area (Å²) in [6.07, 6.45) is 9.54. The highest BCUT2D eigenvalue weighted by atomic mass is 16.5. The van der Waals surface area contributed by atoms with E-state index in [-0.39, 0.29) is 28.8 Å². The fraction of sp³-hybridized carbons (Fsp3) is 0.923. The number of aliphatic hydroxyl groups is 1. The van der Waals surface area contributed by atoms with Crippen molar-refractivity contribution in [3.8, 4) is 0 Å². The zero-order valence-electron chi connectivity index (χ0n) is 19.5. The predicted molar refractivity (Wildman–Crippen MR) is 117 cm³/mol. The maximum Gasteiger partial charge on any atom is 0.305 e. The molecule has 0 saturated heterocycles. The number of ketones is 1. The molecule has 4 aliphatic rings. The van der Waals surface area contributed by atoms with Gasteiger partial charge in [-0.05, 0) is 80.5 Å². The van der Waals surface area contributed by atoms with Gasteiger partial charge in [-0.1, -0.05) is 33.6 Å². The van der Waals surface area contributed by atoms with Crippen molar-refractivity contribution in [2.45, 2.75) is 98.0 Å². The van der Waals surface area contributed by atoms with Crippen molar-refractivity contribution in [1.29, 1.82) is 0 Å². The molecule has 4 fully saturated rings. The summed E-state index contributed by atoms with van der Waals surface area (Å²) < 4.78 is 5.12. The first kappa shape index (κ1) is 22.3. The van der Waals surface area contributed by atoms with Crippen LogP contribution in [0.5, 0.6) is 0 Å². The molecule has 0 bridgehead atoms. The number of fused-ring (bicyclic) bond motifs is 5. The average molecular weight is 419 g/mol. The second kappa shape index (κ2) is 8.22. The number of hydrogen-bond acceptors (Lipinski definition) is 4. The molecule has 4 heteroatoms. The van der Waals surface area contributed by atoms with E-state index in [2.05, 4.69) is 20.8 Å². The van der Waals surface area contributed by atoms with Gasteiger partial charge in [0.2, 0.25) is 0 Å². The second-order valence-electron chi connectivity index (χ2n) is 11.5. The summed E-state index contributed by atoms with van der Waals surface area (Å²) in [7, 11) is 0. The lowest BCUT2D eigenvalue weighted by Gasteiger charge is -2.61. The fourth-order valence-electron chi connectivity index (χ4n) is 8.68. The average Bonchev–Trinajstić information content (AvgIpc) is 3.06. The van der Waals surface area contributed by atoms with Crippen LogP contribution in [0.15, 0.2) is 0 Å². The van der Waals surface area contributed by atoms with Crippen LogP contribution in [0.1, 0.15) is 91.9 Å². The maximum atomic E-state index is 13.4. The molecule has 1 N–H and O–H groups in total. The minimum Gasteiger partial charge on any atom is -0.466 e. The van der Waals surface area contributed by atoms with Crippen LogP contribution in [0, 0.1) is 46.3 Å². The monoisotopic (exact) mass is 418 g/mol. The van der Waals surface area contributed by atoms with Crippen molar-refractivity contribution in [1.82, 2.24) is 0 Å². The van der Waals surface area contributed by atoms with Crippen LogP contribution in [0.2, 0.25) is 0 Å². The summed E-state index contributed by atoms with van der Waals surface area (Å²) in [5, 5.41) is 11.5. The van der Waals surface area contributed by atoms with E-state index in [0.717, 1.165) is 32.1 Å². The van der Waals surface area contributed by atoms with E-state index in [1.54, 1.807) is 0 Å². The Labute approximate surface area is 182 Å². The van der Waals surface area contributed by atoms with Crippen LogP contribution in [-0.4, -0.2) is 29.6 Å². The van der Waals surface area contributed by atoms with Crippen molar-refractivity contribution >= 4 is 11.8 Å². The summed E-state index contributed by atoms with van der Waals surface area (Å²) in [5.74, 6) is 2.42. The van der Waals surface area contributed by atoms with Crippen molar-refractivity contribution < 1.29 is 19.4 Å². The third-order valence-corrected chi connectivity index (χ3v) is 10.4. The Balaban J connectivity index is 1.55. The first-order chi connectivity index (χ1) is 14.2. The van der Waals surface area contributed by atoms with Crippen molar-refractivity contribution in [3.63, 3.8) is 0 Å². The van der Waals surface area contributed by atoms with Gasteiger partial charge >= 0.3 is 5.97 Å². The van der Waals surface area contributed by atoms with Gasteiger partial charge in [0.25, 0.3) is 0 Å². The van der Waals surface area contributed by atoms with Crippen molar-refractivity contribution in [2.24, 2.45) is 46.3 Å². The lowest BCUT2D eigenvalue weighted by Crippen LogP contribution is -2.60. The van der Waals surface area contributed by atoms with Crippen LogP contribution in [-0.2, 0) is 14.3 Å². The van der Waals surface area contributed by atoms with Gasteiger partial charge in [0.05, 0.1) is 12.7 Å². The molecule has 7 unspecified atom stereocenters. The highest BCUT2D eigenvalue weighted by molar-refractivity contribution is 5.83. The maximum absolute atomic E-state index is 13.4. The number of ether oxygens (including phenoxy) is 1. The van der Waals surface area contributed by atoms with Crippen molar-refractivity contribution in [2.75, 3.05) is 6.61 Å². The minimum absolute atomic E-state index is 0.118. The van der Waals surface area contributed by atoms with Crippen molar-refractivity contribution in [3.05, 3.63) is 0 Å². The van der Waals surface area contributed by atoms with Gasteiger partial charge in [-0.25, -0.2) is 0 Å². The van der Waals surface area contributed by atoms with E-state index in [1.165, 1.54) is 25.7 Å². The van der Waals surface area contributed by atoms with E-state index in [1.807, 2.05) is 6.92 Å². The number of rotatable bonds is 5. The minimum atomic E-state index is -0.341. The molecule has 0 heterocycles. The molecule has 0 aromatic rings. The zero-order valence-corrected chi connectivity index (χ0v) is 19.5. The predicted octanol–water partition coefficient (Wildman–Crippen LogP) is 5.16. The van der Waals surface area contributed by atoms with Crippen LogP contribution in [0.4, 0.5) is 0 Å². The molecule has 0 aromatic carbocycles. The molecular weight excluding hydrogens is 376 g/mol. The highest BCUT2D eigenvalue weighted by Crippen LogP contribution is 2.67. The summed E-state index contributed by atoms with van der Waals surface area (Å²) in [6, 6.07) is 0. The summed E-state index contributed by atoms with van der Waals surface area (Å²) in [5.41, 5.74) is 0.0233. The zero-order chi connectivity index (χ0) is 21.7. The largest absolute Gasteiger partial charge is 0.466 e. The van der Waals surface area contributed by atoms with E-state index in [4.69, 9.17) is 4.74 Å². The summed E-state index contributed by atoms with van der Waals surface area (Å²) in [4.78, 5) is 25.3. The smallest absolute Gasteiger partial charge is 0.305 e. The van der Waals surface area contributed by atoms with Crippen LogP contribution in [0.25, 0.3) is 0 Å². The molecular formula is C26H42O4. The number of hydrogen-bond donors (Lipinski definition) is 1. The first-order valence-corrected chi connectivity index (χ1v) is 12.6. The Morgan fingerprint density at radius 3 is 2.70 bits per heavy atom. The molecule has 0 amide bonds. The van der Waals surface area contributed by atoms with E-state index < -0.39 is 0 Å². The van der Waals surface area contributed by atoms with Gasteiger partial charge in [-0.15, -0.1) is 0 Å². The molecule has 9 atom stereocenters. The number of aliphatic hydroxyl groups excluding tert-OH is 1. The third kappa shape index (κ3) is 3.36. The normalized spacial score (nSPS) is 46.5. The Bertz CT molecular complexity index is 674. The topological polar surface area (TPSA) is 63.6 Å². The Morgan fingerprint density at radius 2 is 1.97 bits per heavy atom. The van der Waals surface area contributed by atoms with E-state index in [0.29, 0.717) is 48.4 Å². The molecule has 4 nitrogen and oxygen atoms in total. The van der Waals surface area contributed by atoms with Crippen LogP contribution >= 0.6 is 0 Å².